The quantitative estimate of drug-likeness (QED) is 0.754. The third-order valence-electron chi connectivity index (χ3n) is 2.39. The van der Waals surface area contributed by atoms with Gasteiger partial charge >= 0.3 is 0 Å². The Kier molecular flexibility index (Phi) is 5.72. The summed E-state index contributed by atoms with van der Waals surface area (Å²) in [7, 11) is -3.51. The van der Waals surface area contributed by atoms with Crippen LogP contribution in [0.5, 0.6) is 0 Å². The molecule has 1 rings (SSSR count). The van der Waals surface area contributed by atoms with E-state index in [9.17, 15) is 8.42 Å². The third kappa shape index (κ3) is 4.27. The van der Waals surface area contributed by atoms with Crippen LogP contribution in [-0.2, 0) is 10.0 Å². The molecule has 1 aromatic heterocycles. The zero-order chi connectivity index (χ0) is 13.9. The molecule has 0 radical (unpaired) electrons. The van der Waals surface area contributed by atoms with Crippen molar-refractivity contribution in [2.24, 2.45) is 5.73 Å². The van der Waals surface area contributed by atoms with Crippen molar-refractivity contribution in [2.45, 2.75) is 37.6 Å². The van der Waals surface area contributed by atoms with Gasteiger partial charge in [0, 0.05) is 17.3 Å². The normalized spacial score (nSPS) is 13.5. The first-order valence-electron chi connectivity index (χ1n) is 5.32. The lowest BCUT2D eigenvalue weighted by Crippen LogP contribution is -2.37. The van der Waals surface area contributed by atoms with Gasteiger partial charge in [0.05, 0.1) is 13.7 Å². The fourth-order valence-electron chi connectivity index (χ4n) is 1.49. The van der Waals surface area contributed by atoms with Crippen molar-refractivity contribution in [3.8, 4) is 0 Å². The monoisotopic (exact) mass is 370 g/mol. The van der Waals surface area contributed by atoms with E-state index >= 15 is 0 Å². The molecule has 0 aliphatic heterocycles. The molecule has 0 fully saturated rings. The predicted molar refractivity (Wildman–Crippen MR) is 82.6 cm³/mol. The van der Waals surface area contributed by atoms with Gasteiger partial charge in [-0.1, -0.05) is 19.1 Å². The van der Waals surface area contributed by atoms with Gasteiger partial charge in [-0.15, -0.1) is 11.3 Å². The van der Waals surface area contributed by atoms with E-state index in [1.54, 1.807) is 13.0 Å². The van der Waals surface area contributed by atoms with Crippen molar-refractivity contribution in [3.63, 3.8) is 0 Å². The summed E-state index contributed by atoms with van der Waals surface area (Å²) < 4.78 is 27.8. The molecule has 0 amide bonds. The Morgan fingerprint density at radius 1 is 1.67 bits per heavy atom. The Morgan fingerprint density at radius 2 is 2.28 bits per heavy atom. The van der Waals surface area contributed by atoms with Crippen LogP contribution < -0.4 is 10.5 Å². The number of thiophene rings is 1. The molecule has 3 N–H and O–H groups in total. The number of sulfonamides is 1. The van der Waals surface area contributed by atoms with Crippen molar-refractivity contribution >= 4 is 54.5 Å². The molecule has 1 aromatic rings. The maximum Gasteiger partial charge on any atom is 0.241 e. The molecule has 0 aliphatic carbocycles. The van der Waals surface area contributed by atoms with Crippen LogP contribution in [0.4, 0.5) is 0 Å². The average molecular weight is 371 g/mol. The zero-order valence-electron chi connectivity index (χ0n) is 10.1. The number of nitrogens with two attached hydrogens (primary N) is 1. The van der Waals surface area contributed by atoms with Crippen LogP contribution >= 0.6 is 39.5 Å². The predicted octanol–water partition coefficient (Wildman–Crippen LogP) is 2.55. The number of hydrogen-bond donors (Lipinski definition) is 2. The summed E-state index contributed by atoms with van der Waals surface area (Å²) in [5.41, 5.74) is 5.45. The van der Waals surface area contributed by atoms with Gasteiger partial charge in [0.2, 0.25) is 10.0 Å². The standard InChI is InChI=1S/C10H15BrN2O2S3/c1-3-7(4-10(12)16)13-18(14,15)8-5-9(11)17-6(8)2/h5,7,13H,3-4H2,1-2H3,(H2,12,16). The Hall–Kier alpha value is -0.0200. The smallest absolute Gasteiger partial charge is 0.241 e. The van der Waals surface area contributed by atoms with Gasteiger partial charge in [0.25, 0.3) is 0 Å². The second kappa shape index (κ2) is 6.42. The molecule has 1 unspecified atom stereocenters. The Bertz CT molecular complexity index is 539. The molecule has 1 atom stereocenters. The lowest BCUT2D eigenvalue weighted by Gasteiger charge is -2.16. The first kappa shape index (κ1) is 16.0. The first-order chi connectivity index (χ1) is 8.26. The second-order valence-electron chi connectivity index (χ2n) is 3.87. The number of nitrogens with one attached hydrogen (secondary N) is 1. The lowest BCUT2D eigenvalue weighted by molar-refractivity contribution is 0.546. The summed E-state index contributed by atoms with van der Waals surface area (Å²) in [6, 6.07) is 1.35. The molecule has 1 heterocycles. The molecular formula is C10H15BrN2O2S3. The molecule has 4 nitrogen and oxygen atoms in total. The lowest BCUT2D eigenvalue weighted by atomic mass is 10.2. The van der Waals surface area contributed by atoms with E-state index in [0.29, 0.717) is 22.7 Å². The maximum atomic E-state index is 12.2. The van der Waals surface area contributed by atoms with Gasteiger partial charge in [-0.25, -0.2) is 13.1 Å². The van der Waals surface area contributed by atoms with Crippen molar-refractivity contribution in [2.75, 3.05) is 0 Å². The fraction of sp³-hybridized carbons (Fsp3) is 0.500. The Morgan fingerprint density at radius 3 is 2.67 bits per heavy atom. The SMILES string of the molecule is CCC(CC(N)=S)NS(=O)(=O)c1cc(Br)sc1C. The second-order valence-corrected chi connectivity index (χ2v) is 8.71. The summed E-state index contributed by atoms with van der Waals surface area (Å²) in [6.45, 7) is 3.67. The number of halogens is 1. The van der Waals surface area contributed by atoms with Gasteiger partial charge in [-0.3, -0.25) is 0 Å². The zero-order valence-corrected chi connectivity index (χ0v) is 14.1. The van der Waals surface area contributed by atoms with E-state index in [1.165, 1.54) is 11.3 Å². The minimum absolute atomic E-state index is 0.259. The number of hydrogen-bond acceptors (Lipinski definition) is 4. The third-order valence-corrected chi connectivity index (χ3v) is 5.89. The largest absolute Gasteiger partial charge is 0.393 e. The molecule has 102 valence electrons. The molecule has 0 saturated carbocycles. The van der Waals surface area contributed by atoms with E-state index in [2.05, 4.69) is 20.7 Å². The average Bonchev–Trinajstić information content (AvgIpc) is 2.56. The summed E-state index contributed by atoms with van der Waals surface area (Å²) in [4.78, 5) is 1.37. The summed E-state index contributed by atoms with van der Waals surface area (Å²) in [5, 5.41) is 0. The number of thiocarbonyl (C=S) groups is 1. The molecule has 8 heteroatoms. The molecule has 0 bridgehead atoms. The summed E-state index contributed by atoms with van der Waals surface area (Å²) >= 11 is 9.49. The first-order valence-corrected chi connectivity index (χ1v) is 8.83. The van der Waals surface area contributed by atoms with Gasteiger partial charge < -0.3 is 5.73 Å². The Balaban J connectivity index is 2.94. The maximum absolute atomic E-state index is 12.2. The Labute approximate surface area is 125 Å². The highest BCUT2D eigenvalue weighted by molar-refractivity contribution is 9.11. The van der Waals surface area contributed by atoms with Gasteiger partial charge in [0.15, 0.2) is 0 Å². The van der Waals surface area contributed by atoms with E-state index in [0.717, 1.165) is 8.66 Å². The van der Waals surface area contributed by atoms with Crippen molar-refractivity contribution < 1.29 is 8.42 Å². The van der Waals surface area contributed by atoms with E-state index in [4.69, 9.17) is 18.0 Å². The van der Waals surface area contributed by atoms with E-state index in [1.807, 2.05) is 6.92 Å². The molecule has 0 spiro atoms. The minimum Gasteiger partial charge on any atom is -0.393 e. The van der Waals surface area contributed by atoms with Crippen molar-refractivity contribution in [1.29, 1.82) is 0 Å². The molecule has 0 aromatic carbocycles. The highest BCUT2D eigenvalue weighted by atomic mass is 79.9. The van der Waals surface area contributed by atoms with Gasteiger partial charge in [0.1, 0.15) is 0 Å². The van der Waals surface area contributed by atoms with Crippen LogP contribution in [0, 0.1) is 6.92 Å². The van der Waals surface area contributed by atoms with Gasteiger partial charge in [-0.2, -0.15) is 0 Å². The minimum atomic E-state index is -3.51. The topological polar surface area (TPSA) is 72.2 Å². The van der Waals surface area contributed by atoms with Gasteiger partial charge in [-0.05, 0) is 35.3 Å². The van der Waals surface area contributed by atoms with Crippen LogP contribution in [0.15, 0.2) is 14.7 Å². The van der Waals surface area contributed by atoms with Crippen LogP contribution in [0.1, 0.15) is 24.6 Å². The molecule has 18 heavy (non-hydrogen) atoms. The number of rotatable bonds is 6. The van der Waals surface area contributed by atoms with E-state index < -0.39 is 10.0 Å². The highest BCUT2D eigenvalue weighted by Gasteiger charge is 2.23. The summed E-state index contributed by atoms with van der Waals surface area (Å²) in [5.74, 6) is 0. The van der Waals surface area contributed by atoms with Crippen LogP contribution in [-0.4, -0.2) is 19.4 Å². The number of aryl methyl sites for hydroxylation is 1. The molecule has 0 saturated heterocycles. The van der Waals surface area contributed by atoms with E-state index in [-0.39, 0.29) is 6.04 Å². The molecule has 0 aliphatic rings. The molecular weight excluding hydrogens is 356 g/mol. The van der Waals surface area contributed by atoms with Crippen LogP contribution in [0.3, 0.4) is 0 Å². The fourth-order valence-corrected chi connectivity index (χ4v) is 5.43. The highest BCUT2D eigenvalue weighted by Crippen LogP contribution is 2.29. The van der Waals surface area contributed by atoms with Crippen molar-refractivity contribution in [1.82, 2.24) is 4.72 Å². The summed E-state index contributed by atoms with van der Waals surface area (Å²) in [6.07, 6.45) is 1.01. The van der Waals surface area contributed by atoms with Crippen LogP contribution in [0.2, 0.25) is 0 Å². The van der Waals surface area contributed by atoms with Crippen LogP contribution in [0.25, 0.3) is 0 Å². The van der Waals surface area contributed by atoms with Crippen molar-refractivity contribution in [3.05, 3.63) is 14.7 Å².